The van der Waals surface area contributed by atoms with E-state index in [0.29, 0.717) is 11.8 Å². The molecule has 0 saturated carbocycles. The Morgan fingerprint density at radius 3 is 2.47 bits per heavy atom. The van der Waals surface area contributed by atoms with E-state index in [1.54, 1.807) is 0 Å². The Morgan fingerprint density at radius 2 is 1.79 bits per heavy atom. The summed E-state index contributed by atoms with van der Waals surface area (Å²) in [5, 5.41) is 2.38. The minimum atomic E-state index is -1.12. The zero-order valence-corrected chi connectivity index (χ0v) is 9.45. The van der Waals surface area contributed by atoms with Crippen LogP contribution in [0.1, 0.15) is 17.0 Å². The number of halogens is 3. The number of nitrogens with zero attached hydrogens (tertiary/aromatic N) is 1. The van der Waals surface area contributed by atoms with Crippen LogP contribution in [-0.2, 0) is 4.79 Å². The Bertz CT molecular complexity index is 670. The maximum absolute atomic E-state index is 13.8. The van der Waals surface area contributed by atoms with Crippen LogP contribution in [-0.4, -0.2) is 10.9 Å². The van der Waals surface area contributed by atoms with Gasteiger partial charge >= 0.3 is 0 Å². The first-order valence-corrected chi connectivity index (χ1v) is 5.48. The second kappa shape index (κ2) is 4.08. The largest absolute Gasteiger partial charge is 0.310 e. The van der Waals surface area contributed by atoms with Crippen molar-refractivity contribution in [1.82, 2.24) is 4.98 Å². The van der Waals surface area contributed by atoms with Crippen molar-refractivity contribution in [2.45, 2.75) is 5.92 Å². The zero-order valence-electron chi connectivity index (χ0n) is 9.45. The molecule has 0 spiro atoms. The molecule has 0 saturated heterocycles. The van der Waals surface area contributed by atoms with Crippen LogP contribution in [0.4, 0.5) is 19.0 Å². The Labute approximate surface area is 106 Å². The van der Waals surface area contributed by atoms with Crippen LogP contribution in [0.25, 0.3) is 0 Å². The lowest BCUT2D eigenvalue weighted by Gasteiger charge is -2.09. The van der Waals surface area contributed by atoms with E-state index in [4.69, 9.17) is 0 Å². The molecular weight excluding hydrogens is 257 g/mol. The van der Waals surface area contributed by atoms with E-state index in [2.05, 4.69) is 10.3 Å². The number of hydrogen-bond acceptors (Lipinski definition) is 2. The van der Waals surface area contributed by atoms with Gasteiger partial charge in [0.1, 0.15) is 11.6 Å². The van der Waals surface area contributed by atoms with Gasteiger partial charge in [-0.3, -0.25) is 4.79 Å². The lowest BCUT2D eigenvalue weighted by Crippen LogP contribution is -2.13. The SMILES string of the molecule is O=C1Nc2ncc(F)c(F)c2C1c1ccc(F)cc1. The van der Waals surface area contributed by atoms with Gasteiger partial charge in [-0.15, -0.1) is 0 Å². The third-order valence-electron chi connectivity index (χ3n) is 3.00. The summed E-state index contributed by atoms with van der Waals surface area (Å²) < 4.78 is 39.9. The molecule has 19 heavy (non-hydrogen) atoms. The number of aromatic nitrogens is 1. The van der Waals surface area contributed by atoms with Crippen molar-refractivity contribution in [3.8, 4) is 0 Å². The average molecular weight is 264 g/mol. The van der Waals surface area contributed by atoms with Gasteiger partial charge in [0.05, 0.1) is 17.7 Å². The Kier molecular flexibility index (Phi) is 2.51. The number of carbonyl (C=O) groups is 1. The van der Waals surface area contributed by atoms with Gasteiger partial charge in [-0.05, 0) is 17.7 Å². The van der Waals surface area contributed by atoms with Crippen LogP contribution in [0.2, 0.25) is 0 Å². The quantitative estimate of drug-likeness (QED) is 0.860. The van der Waals surface area contributed by atoms with Gasteiger partial charge in [0.2, 0.25) is 5.91 Å². The van der Waals surface area contributed by atoms with Crippen LogP contribution in [0.15, 0.2) is 30.5 Å². The first-order valence-electron chi connectivity index (χ1n) is 5.48. The molecule has 6 heteroatoms. The Hall–Kier alpha value is -2.37. The molecule has 1 unspecified atom stereocenters. The number of hydrogen-bond donors (Lipinski definition) is 1. The summed E-state index contributed by atoms with van der Waals surface area (Å²) >= 11 is 0. The summed E-state index contributed by atoms with van der Waals surface area (Å²) in [7, 11) is 0. The van der Waals surface area contributed by atoms with Crippen molar-refractivity contribution in [3.63, 3.8) is 0 Å². The van der Waals surface area contributed by atoms with E-state index >= 15 is 0 Å². The predicted molar refractivity (Wildman–Crippen MR) is 61.0 cm³/mol. The summed E-state index contributed by atoms with van der Waals surface area (Å²) in [6.07, 6.45) is 0.710. The lowest BCUT2D eigenvalue weighted by atomic mass is 9.93. The Balaban J connectivity index is 2.17. The van der Waals surface area contributed by atoms with Gasteiger partial charge in [-0.2, -0.15) is 0 Å². The van der Waals surface area contributed by atoms with Crippen LogP contribution >= 0.6 is 0 Å². The molecule has 1 amide bonds. The molecule has 0 bridgehead atoms. The van der Waals surface area contributed by atoms with E-state index in [9.17, 15) is 18.0 Å². The molecule has 1 aromatic heterocycles. The number of carbonyl (C=O) groups excluding carboxylic acids is 1. The highest BCUT2D eigenvalue weighted by molar-refractivity contribution is 6.04. The number of pyridine rings is 1. The number of anilines is 1. The number of amides is 1. The topological polar surface area (TPSA) is 42.0 Å². The smallest absolute Gasteiger partial charge is 0.237 e. The monoisotopic (exact) mass is 264 g/mol. The van der Waals surface area contributed by atoms with Gasteiger partial charge in [-0.25, -0.2) is 18.2 Å². The second-order valence-corrected chi connectivity index (χ2v) is 4.16. The molecule has 2 aromatic rings. The molecule has 3 nitrogen and oxygen atoms in total. The maximum Gasteiger partial charge on any atom is 0.237 e. The minimum Gasteiger partial charge on any atom is -0.310 e. The summed E-state index contributed by atoms with van der Waals surface area (Å²) in [5.74, 6) is -4.24. The Morgan fingerprint density at radius 1 is 1.11 bits per heavy atom. The van der Waals surface area contributed by atoms with Crippen LogP contribution in [0.5, 0.6) is 0 Å². The van der Waals surface area contributed by atoms with E-state index in [0.717, 1.165) is 12.1 Å². The molecule has 1 aromatic carbocycles. The number of benzene rings is 1. The van der Waals surface area contributed by atoms with E-state index in [1.807, 2.05) is 0 Å². The van der Waals surface area contributed by atoms with Crippen molar-refractivity contribution < 1.29 is 18.0 Å². The van der Waals surface area contributed by atoms with Crippen LogP contribution in [0.3, 0.4) is 0 Å². The standard InChI is InChI=1S/C13H7F3N2O/c14-7-3-1-6(2-4-7)9-10-11(16)8(15)5-17-12(10)18-13(9)19/h1-5,9H,(H,17,18,19). The van der Waals surface area contributed by atoms with Crippen molar-refractivity contribution in [2.75, 3.05) is 5.32 Å². The van der Waals surface area contributed by atoms with E-state index in [1.165, 1.54) is 12.1 Å². The third-order valence-corrected chi connectivity index (χ3v) is 3.00. The van der Waals surface area contributed by atoms with Crippen molar-refractivity contribution in [2.24, 2.45) is 0 Å². The highest BCUT2D eigenvalue weighted by atomic mass is 19.2. The molecule has 3 rings (SSSR count). The summed E-state index contributed by atoms with van der Waals surface area (Å²) in [5.41, 5.74) is 0.237. The summed E-state index contributed by atoms with van der Waals surface area (Å²) in [6.45, 7) is 0. The van der Waals surface area contributed by atoms with Crippen molar-refractivity contribution in [3.05, 3.63) is 59.0 Å². The van der Waals surface area contributed by atoms with E-state index < -0.39 is 29.3 Å². The molecule has 2 heterocycles. The summed E-state index contributed by atoms with van der Waals surface area (Å²) in [6, 6.07) is 5.04. The predicted octanol–water partition coefficient (Wildman–Crippen LogP) is 2.58. The number of nitrogens with one attached hydrogen (secondary N) is 1. The first kappa shape index (κ1) is 11.7. The third kappa shape index (κ3) is 1.76. The highest BCUT2D eigenvalue weighted by Crippen LogP contribution is 2.38. The normalized spacial score (nSPS) is 17.2. The zero-order chi connectivity index (χ0) is 13.6. The van der Waals surface area contributed by atoms with Crippen molar-refractivity contribution in [1.29, 1.82) is 0 Å². The summed E-state index contributed by atoms with van der Waals surface area (Å²) in [4.78, 5) is 15.5. The maximum atomic E-state index is 13.8. The van der Waals surface area contributed by atoms with Gasteiger partial charge in [0, 0.05) is 0 Å². The van der Waals surface area contributed by atoms with Gasteiger partial charge in [0.15, 0.2) is 11.6 Å². The number of rotatable bonds is 1. The molecule has 0 fully saturated rings. The molecule has 0 aliphatic carbocycles. The first-order chi connectivity index (χ1) is 9.08. The van der Waals surface area contributed by atoms with Crippen LogP contribution in [0, 0.1) is 17.5 Å². The van der Waals surface area contributed by atoms with E-state index in [-0.39, 0.29) is 11.4 Å². The average Bonchev–Trinajstić information content (AvgIpc) is 2.72. The lowest BCUT2D eigenvalue weighted by molar-refractivity contribution is -0.116. The molecule has 1 aliphatic heterocycles. The fourth-order valence-corrected chi connectivity index (χ4v) is 2.14. The molecule has 1 aliphatic rings. The highest BCUT2D eigenvalue weighted by Gasteiger charge is 2.36. The molecule has 1 N–H and O–H groups in total. The van der Waals surface area contributed by atoms with Gasteiger partial charge in [-0.1, -0.05) is 12.1 Å². The fraction of sp³-hybridized carbons (Fsp3) is 0.0769. The van der Waals surface area contributed by atoms with Crippen LogP contribution < -0.4 is 5.32 Å². The van der Waals surface area contributed by atoms with Crippen molar-refractivity contribution >= 4 is 11.7 Å². The number of fused-ring (bicyclic) bond motifs is 1. The second-order valence-electron chi connectivity index (χ2n) is 4.16. The molecule has 0 radical (unpaired) electrons. The molecular formula is C13H7F3N2O. The fourth-order valence-electron chi connectivity index (χ4n) is 2.14. The van der Waals surface area contributed by atoms with Gasteiger partial charge in [0.25, 0.3) is 0 Å². The van der Waals surface area contributed by atoms with Gasteiger partial charge < -0.3 is 5.32 Å². The minimum absolute atomic E-state index is 0.00164. The molecule has 1 atom stereocenters. The molecule has 96 valence electrons.